The fraction of sp³-hybridized carbons (Fsp3) is 0.176. The van der Waals surface area contributed by atoms with Crippen LogP contribution in [-0.2, 0) is 0 Å². The molecule has 0 fully saturated rings. The second-order valence-electron chi connectivity index (χ2n) is 5.00. The van der Waals surface area contributed by atoms with E-state index >= 15 is 0 Å². The zero-order valence-corrected chi connectivity index (χ0v) is 13.2. The molecular weight excluding hydrogens is 296 g/mol. The molecule has 1 aromatic heterocycles. The molecule has 0 saturated heterocycles. The second-order valence-corrected chi connectivity index (χ2v) is 5.97. The van der Waals surface area contributed by atoms with Gasteiger partial charge in [-0.25, -0.2) is 4.98 Å². The minimum Gasteiger partial charge on any atom is -0.497 e. The third-order valence-electron chi connectivity index (χ3n) is 3.38. The lowest BCUT2D eigenvalue weighted by Crippen LogP contribution is -2.02. The van der Waals surface area contributed by atoms with Crippen molar-refractivity contribution in [1.29, 1.82) is 0 Å². The van der Waals surface area contributed by atoms with Gasteiger partial charge in [-0.3, -0.25) is 4.79 Å². The van der Waals surface area contributed by atoms with E-state index in [0.717, 1.165) is 33.1 Å². The van der Waals surface area contributed by atoms with Crippen molar-refractivity contribution in [2.45, 2.75) is 12.1 Å². The number of thioether (sulfide) groups is 1. The van der Waals surface area contributed by atoms with Crippen molar-refractivity contribution in [1.82, 2.24) is 9.97 Å². The van der Waals surface area contributed by atoms with E-state index in [4.69, 9.17) is 4.74 Å². The number of carbonyl (C=O) groups excluding carboxylic acids is 1. The largest absolute Gasteiger partial charge is 0.497 e. The highest BCUT2D eigenvalue weighted by atomic mass is 32.2. The molecule has 4 nitrogen and oxygen atoms in total. The molecule has 5 heteroatoms. The van der Waals surface area contributed by atoms with E-state index in [1.807, 2.05) is 49.4 Å². The fourth-order valence-corrected chi connectivity index (χ4v) is 2.90. The Morgan fingerprint density at radius 3 is 2.73 bits per heavy atom. The predicted octanol–water partition coefficient (Wildman–Crippen LogP) is 3.85. The van der Waals surface area contributed by atoms with E-state index < -0.39 is 0 Å². The number of ether oxygens (including phenoxy) is 1. The predicted molar refractivity (Wildman–Crippen MR) is 88.9 cm³/mol. The van der Waals surface area contributed by atoms with E-state index in [-0.39, 0.29) is 5.78 Å². The number of Topliss-reactive ketones (excluding diaryl/α,β-unsaturated/α-hetero) is 1. The Balaban J connectivity index is 1.70. The van der Waals surface area contributed by atoms with Gasteiger partial charge >= 0.3 is 0 Å². The van der Waals surface area contributed by atoms with Crippen LogP contribution >= 0.6 is 11.8 Å². The lowest BCUT2D eigenvalue weighted by Gasteiger charge is -2.00. The summed E-state index contributed by atoms with van der Waals surface area (Å²) in [6.07, 6.45) is 0. The van der Waals surface area contributed by atoms with E-state index in [1.165, 1.54) is 11.8 Å². The Morgan fingerprint density at radius 1 is 1.23 bits per heavy atom. The Labute approximate surface area is 132 Å². The van der Waals surface area contributed by atoms with Gasteiger partial charge in [-0.15, -0.1) is 0 Å². The first-order valence-corrected chi connectivity index (χ1v) is 7.91. The fourth-order valence-electron chi connectivity index (χ4n) is 2.12. The van der Waals surface area contributed by atoms with Gasteiger partial charge in [-0.05, 0) is 19.1 Å². The molecule has 0 aliphatic rings. The third-order valence-corrected chi connectivity index (χ3v) is 4.25. The average molecular weight is 312 g/mol. The normalized spacial score (nSPS) is 10.8. The number of nitrogens with one attached hydrogen (secondary N) is 1. The number of hydrogen-bond donors (Lipinski definition) is 1. The maximum absolute atomic E-state index is 12.2. The number of methoxy groups -OCH3 is 1. The van der Waals surface area contributed by atoms with Gasteiger partial charge in [0.05, 0.1) is 23.9 Å². The number of H-pyrrole nitrogens is 1. The first-order chi connectivity index (χ1) is 10.7. The highest BCUT2D eigenvalue weighted by Crippen LogP contribution is 2.23. The molecule has 0 atom stereocenters. The van der Waals surface area contributed by atoms with E-state index in [1.54, 1.807) is 7.11 Å². The van der Waals surface area contributed by atoms with Crippen molar-refractivity contribution in [3.05, 3.63) is 53.6 Å². The lowest BCUT2D eigenvalue weighted by molar-refractivity contribution is 0.102. The number of ketones is 1. The summed E-state index contributed by atoms with van der Waals surface area (Å²) in [5.41, 5.74) is 3.65. The zero-order chi connectivity index (χ0) is 15.5. The molecule has 112 valence electrons. The number of rotatable bonds is 5. The Hall–Kier alpha value is -2.27. The summed E-state index contributed by atoms with van der Waals surface area (Å²) in [5.74, 6) is 1.24. The van der Waals surface area contributed by atoms with Crippen LogP contribution in [0.1, 0.15) is 15.9 Å². The van der Waals surface area contributed by atoms with E-state index in [0.29, 0.717) is 5.75 Å². The molecule has 0 radical (unpaired) electrons. The van der Waals surface area contributed by atoms with Gasteiger partial charge in [-0.1, -0.05) is 41.6 Å². The van der Waals surface area contributed by atoms with Crippen LogP contribution in [0.25, 0.3) is 11.0 Å². The number of aryl methyl sites for hydroxylation is 1. The number of aromatic amines is 1. The van der Waals surface area contributed by atoms with Crippen LogP contribution in [0.3, 0.4) is 0 Å². The number of imidazole rings is 1. The summed E-state index contributed by atoms with van der Waals surface area (Å²) in [6.45, 7) is 2.01. The zero-order valence-electron chi connectivity index (χ0n) is 12.4. The van der Waals surface area contributed by atoms with Crippen LogP contribution < -0.4 is 4.74 Å². The molecule has 0 bridgehead atoms. The number of nitrogens with zero attached hydrogens (tertiary/aromatic N) is 1. The molecule has 0 aliphatic carbocycles. The average Bonchev–Trinajstić information content (AvgIpc) is 2.95. The monoisotopic (exact) mass is 312 g/mol. The molecule has 0 amide bonds. The molecule has 2 aromatic carbocycles. The van der Waals surface area contributed by atoms with Crippen LogP contribution in [0.4, 0.5) is 0 Å². The Kier molecular flexibility index (Phi) is 4.15. The van der Waals surface area contributed by atoms with Crippen LogP contribution in [0.5, 0.6) is 5.75 Å². The lowest BCUT2D eigenvalue weighted by atomic mass is 10.1. The topological polar surface area (TPSA) is 55.0 Å². The first kappa shape index (κ1) is 14.7. The highest BCUT2D eigenvalue weighted by Gasteiger charge is 2.09. The van der Waals surface area contributed by atoms with Crippen LogP contribution in [0.15, 0.2) is 47.6 Å². The summed E-state index contributed by atoms with van der Waals surface area (Å²) in [7, 11) is 1.63. The number of benzene rings is 2. The summed E-state index contributed by atoms with van der Waals surface area (Å²) in [5, 5.41) is 0.740. The summed E-state index contributed by atoms with van der Waals surface area (Å²) in [4.78, 5) is 19.8. The van der Waals surface area contributed by atoms with Crippen molar-refractivity contribution in [3.8, 4) is 5.75 Å². The van der Waals surface area contributed by atoms with Gasteiger partial charge in [0.15, 0.2) is 10.9 Å². The second kappa shape index (κ2) is 6.23. The van der Waals surface area contributed by atoms with Crippen LogP contribution in [0, 0.1) is 6.92 Å². The first-order valence-electron chi connectivity index (χ1n) is 6.92. The van der Waals surface area contributed by atoms with Gasteiger partial charge in [0.1, 0.15) is 5.75 Å². The van der Waals surface area contributed by atoms with Gasteiger partial charge in [-0.2, -0.15) is 0 Å². The number of fused-ring (bicyclic) bond motifs is 1. The Morgan fingerprint density at radius 2 is 2.00 bits per heavy atom. The molecule has 0 saturated carbocycles. The molecule has 0 spiro atoms. The molecule has 3 rings (SSSR count). The number of carbonyl (C=O) groups is 1. The molecule has 3 aromatic rings. The quantitative estimate of drug-likeness (QED) is 0.574. The minimum atomic E-state index is 0.100. The number of hydrogen-bond acceptors (Lipinski definition) is 4. The van der Waals surface area contributed by atoms with Crippen molar-refractivity contribution in [2.24, 2.45) is 0 Å². The van der Waals surface area contributed by atoms with Crippen LogP contribution in [0.2, 0.25) is 0 Å². The minimum absolute atomic E-state index is 0.100. The molecular formula is C17H16N2O2S. The van der Waals surface area contributed by atoms with Gasteiger partial charge in [0.2, 0.25) is 0 Å². The molecule has 1 N–H and O–H groups in total. The summed E-state index contributed by atoms with van der Waals surface area (Å²) in [6, 6.07) is 13.3. The summed E-state index contributed by atoms with van der Waals surface area (Å²) >= 11 is 1.41. The smallest absolute Gasteiger partial charge is 0.173 e. The molecule has 0 aliphatic heterocycles. The van der Waals surface area contributed by atoms with Crippen molar-refractivity contribution >= 4 is 28.6 Å². The number of aromatic nitrogens is 2. The Bertz CT molecular complexity index is 809. The van der Waals surface area contributed by atoms with Gasteiger partial charge in [0, 0.05) is 11.6 Å². The van der Waals surface area contributed by atoms with Gasteiger partial charge < -0.3 is 9.72 Å². The van der Waals surface area contributed by atoms with E-state index in [2.05, 4.69) is 9.97 Å². The highest BCUT2D eigenvalue weighted by molar-refractivity contribution is 7.99. The maximum atomic E-state index is 12.2. The molecule has 0 unspecified atom stereocenters. The van der Waals surface area contributed by atoms with E-state index in [9.17, 15) is 4.79 Å². The van der Waals surface area contributed by atoms with Crippen molar-refractivity contribution < 1.29 is 9.53 Å². The SMILES string of the molecule is COc1ccc2nc(SCC(=O)c3ccc(C)cc3)[nH]c2c1. The van der Waals surface area contributed by atoms with Crippen molar-refractivity contribution in [2.75, 3.05) is 12.9 Å². The van der Waals surface area contributed by atoms with Crippen LogP contribution in [-0.4, -0.2) is 28.6 Å². The summed E-state index contributed by atoms with van der Waals surface area (Å²) < 4.78 is 5.19. The third kappa shape index (κ3) is 3.14. The van der Waals surface area contributed by atoms with Gasteiger partial charge in [0.25, 0.3) is 0 Å². The van der Waals surface area contributed by atoms with Crippen molar-refractivity contribution in [3.63, 3.8) is 0 Å². The molecule has 22 heavy (non-hydrogen) atoms. The molecule has 1 heterocycles. The maximum Gasteiger partial charge on any atom is 0.173 e. The standard InChI is InChI=1S/C17H16N2O2S/c1-11-3-5-12(6-4-11)16(20)10-22-17-18-14-8-7-13(21-2)9-15(14)19-17/h3-9H,10H2,1-2H3,(H,18,19).